The minimum atomic E-state index is -0.935. The van der Waals surface area contributed by atoms with Crippen LogP contribution in [0.4, 0.5) is 5.69 Å². The van der Waals surface area contributed by atoms with E-state index in [9.17, 15) is 9.90 Å². The van der Waals surface area contributed by atoms with Crippen LogP contribution in [0.3, 0.4) is 0 Å². The van der Waals surface area contributed by atoms with E-state index in [4.69, 9.17) is 5.73 Å². The molecule has 4 nitrogen and oxygen atoms in total. The maximum atomic E-state index is 11.3. The number of nitrogens with two attached hydrogens (primary N) is 1. The molecule has 0 bridgehead atoms. The van der Waals surface area contributed by atoms with E-state index in [1.807, 2.05) is 12.1 Å². The smallest absolute Gasteiger partial charge is 0.338 e. The first-order valence-electron chi connectivity index (χ1n) is 6.48. The van der Waals surface area contributed by atoms with Crippen molar-refractivity contribution >= 4 is 11.7 Å². The number of aromatic carboxylic acids is 1. The second-order valence-corrected chi connectivity index (χ2v) is 4.89. The van der Waals surface area contributed by atoms with Gasteiger partial charge >= 0.3 is 5.97 Å². The first kappa shape index (κ1) is 12.9. The molecule has 0 radical (unpaired) electrons. The molecular weight excluding hydrogens is 228 g/mol. The Morgan fingerprint density at radius 1 is 1.50 bits per heavy atom. The normalized spacial score (nSPS) is 15.0. The lowest BCUT2D eigenvalue weighted by Gasteiger charge is -2.22. The fourth-order valence-electron chi connectivity index (χ4n) is 2.35. The lowest BCUT2D eigenvalue weighted by Crippen LogP contribution is -2.27. The second-order valence-electron chi connectivity index (χ2n) is 4.89. The van der Waals surface area contributed by atoms with Gasteiger partial charge in [-0.15, -0.1) is 0 Å². The minimum Gasteiger partial charge on any atom is -0.478 e. The van der Waals surface area contributed by atoms with Crippen molar-refractivity contribution in [3.63, 3.8) is 0 Å². The first-order valence-corrected chi connectivity index (χ1v) is 6.48. The van der Waals surface area contributed by atoms with Crippen LogP contribution in [0, 0.1) is 0 Å². The average Bonchev–Trinajstić information content (AvgIpc) is 3.11. The van der Waals surface area contributed by atoms with Gasteiger partial charge in [0.15, 0.2) is 0 Å². The van der Waals surface area contributed by atoms with E-state index in [2.05, 4.69) is 11.8 Å². The van der Waals surface area contributed by atoms with E-state index in [-0.39, 0.29) is 5.56 Å². The van der Waals surface area contributed by atoms with Crippen LogP contribution in [0.5, 0.6) is 0 Å². The number of carbonyl (C=O) groups is 1. The molecule has 1 aromatic rings. The molecule has 3 N–H and O–H groups in total. The number of nitrogens with zero attached hydrogens (tertiary/aromatic N) is 1. The standard InChI is InChI=1S/C14H20N2O2/c1-2-8-16(11-6-7-11)9-10-4-3-5-12(15)13(10)14(17)18/h3-5,11H,2,6-9,15H2,1H3,(H,17,18). The lowest BCUT2D eigenvalue weighted by molar-refractivity contribution is 0.0695. The number of nitrogen functional groups attached to an aromatic ring is 1. The fourth-order valence-corrected chi connectivity index (χ4v) is 2.35. The number of hydrogen-bond acceptors (Lipinski definition) is 3. The quantitative estimate of drug-likeness (QED) is 0.758. The van der Waals surface area contributed by atoms with Crippen LogP contribution in [0.25, 0.3) is 0 Å². The number of benzene rings is 1. The number of carboxylic acids is 1. The molecule has 0 aliphatic heterocycles. The van der Waals surface area contributed by atoms with Gasteiger partial charge in [-0.2, -0.15) is 0 Å². The minimum absolute atomic E-state index is 0.263. The first-order chi connectivity index (χ1) is 8.63. The fraction of sp³-hybridized carbons (Fsp3) is 0.500. The van der Waals surface area contributed by atoms with Crippen LogP contribution in [-0.2, 0) is 6.54 Å². The largest absolute Gasteiger partial charge is 0.478 e. The molecule has 2 rings (SSSR count). The van der Waals surface area contributed by atoms with Gasteiger partial charge in [-0.05, 0) is 37.4 Å². The van der Waals surface area contributed by atoms with Gasteiger partial charge in [0.05, 0.1) is 5.56 Å². The van der Waals surface area contributed by atoms with E-state index in [0.717, 1.165) is 18.5 Å². The summed E-state index contributed by atoms with van der Waals surface area (Å²) >= 11 is 0. The Morgan fingerprint density at radius 3 is 2.78 bits per heavy atom. The van der Waals surface area contributed by atoms with Gasteiger partial charge in [-0.1, -0.05) is 19.1 Å². The molecule has 4 heteroatoms. The van der Waals surface area contributed by atoms with E-state index >= 15 is 0 Å². The van der Waals surface area contributed by atoms with Crippen molar-refractivity contribution in [1.82, 2.24) is 4.90 Å². The number of anilines is 1. The third-order valence-corrected chi connectivity index (χ3v) is 3.34. The van der Waals surface area contributed by atoms with Gasteiger partial charge in [0.25, 0.3) is 0 Å². The average molecular weight is 248 g/mol. The molecule has 0 atom stereocenters. The summed E-state index contributed by atoms with van der Waals surface area (Å²) in [6.07, 6.45) is 3.54. The van der Waals surface area contributed by atoms with Crippen molar-refractivity contribution in [2.24, 2.45) is 0 Å². The van der Waals surface area contributed by atoms with Crippen LogP contribution < -0.4 is 5.73 Å². The topological polar surface area (TPSA) is 66.6 Å². The van der Waals surface area contributed by atoms with Crippen molar-refractivity contribution in [2.75, 3.05) is 12.3 Å². The van der Waals surface area contributed by atoms with E-state index in [0.29, 0.717) is 18.3 Å². The molecule has 0 amide bonds. The van der Waals surface area contributed by atoms with Crippen molar-refractivity contribution in [1.29, 1.82) is 0 Å². The Labute approximate surface area is 107 Å². The molecule has 0 aromatic heterocycles. The van der Waals surface area contributed by atoms with E-state index in [1.54, 1.807) is 6.07 Å². The zero-order chi connectivity index (χ0) is 13.1. The number of rotatable bonds is 6. The Hall–Kier alpha value is -1.55. The Bertz CT molecular complexity index is 441. The van der Waals surface area contributed by atoms with Crippen LogP contribution in [0.2, 0.25) is 0 Å². The SMILES string of the molecule is CCCN(Cc1cccc(N)c1C(=O)O)C1CC1. The summed E-state index contributed by atoms with van der Waals surface area (Å²) in [4.78, 5) is 13.6. The highest BCUT2D eigenvalue weighted by Gasteiger charge is 2.29. The van der Waals surface area contributed by atoms with Crippen LogP contribution in [-0.4, -0.2) is 28.6 Å². The van der Waals surface area contributed by atoms with Gasteiger partial charge in [0.2, 0.25) is 0 Å². The maximum absolute atomic E-state index is 11.3. The van der Waals surface area contributed by atoms with E-state index in [1.165, 1.54) is 12.8 Å². The molecule has 18 heavy (non-hydrogen) atoms. The molecule has 1 saturated carbocycles. The Morgan fingerprint density at radius 2 is 2.22 bits per heavy atom. The Kier molecular flexibility index (Phi) is 3.87. The summed E-state index contributed by atoms with van der Waals surface area (Å²) in [7, 11) is 0. The van der Waals surface area contributed by atoms with Gasteiger partial charge in [0, 0.05) is 18.3 Å². The van der Waals surface area contributed by atoms with Gasteiger partial charge in [-0.25, -0.2) is 4.79 Å². The molecule has 1 fully saturated rings. The third kappa shape index (κ3) is 2.82. The molecule has 0 heterocycles. The highest BCUT2D eigenvalue weighted by Crippen LogP contribution is 2.29. The van der Waals surface area contributed by atoms with Gasteiger partial charge in [0.1, 0.15) is 0 Å². The van der Waals surface area contributed by atoms with Gasteiger partial charge in [-0.3, -0.25) is 4.90 Å². The van der Waals surface area contributed by atoms with E-state index < -0.39 is 5.97 Å². The van der Waals surface area contributed by atoms with Gasteiger partial charge < -0.3 is 10.8 Å². The molecule has 1 aromatic carbocycles. The predicted molar refractivity (Wildman–Crippen MR) is 71.5 cm³/mol. The maximum Gasteiger partial charge on any atom is 0.338 e. The van der Waals surface area contributed by atoms with Crippen LogP contribution in [0.15, 0.2) is 18.2 Å². The molecule has 0 spiro atoms. The summed E-state index contributed by atoms with van der Waals surface area (Å²) in [6, 6.07) is 5.97. The second kappa shape index (κ2) is 5.40. The summed E-state index contributed by atoms with van der Waals surface area (Å²) < 4.78 is 0. The lowest BCUT2D eigenvalue weighted by atomic mass is 10.0. The molecule has 0 saturated heterocycles. The third-order valence-electron chi connectivity index (χ3n) is 3.34. The predicted octanol–water partition coefficient (Wildman–Crippen LogP) is 2.34. The summed E-state index contributed by atoms with van der Waals surface area (Å²) in [5, 5.41) is 9.24. The number of hydrogen-bond donors (Lipinski definition) is 2. The van der Waals surface area contributed by atoms with Crippen LogP contribution >= 0.6 is 0 Å². The Balaban J connectivity index is 2.21. The summed E-state index contributed by atoms with van der Waals surface area (Å²) in [5.74, 6) is -0.935. The highest BCUT2D eigenvalue weighted by atomic mass is 16.4. The summed E-state index contributed by atoms with van der Waals surface area (Å²) in [5.41, 5.74) is 7.20. The molecular formula is C14H20N2O2. The highest BCUT2D eigenvalue weighted by molar-refractivity contribution is 5.95. The molecule has 0 unspecified atom stereocenters. The van der Waals surface area contributed by atoms with Crippen LogP contribution in [0.1, 0.15) is 42.1 Å². The zero-order valence-corrected chi connectivity index (χ0v) is 10.7. The van der Waals surface area contributed by atoms with Crippen molar-refractivity contribution in [3.8, 4) is 0 Å². The molecule has 98 valence electrons. The molecule has 1 aliphatic rings. The zero-order valence-electron chi connectivity index (χ0n) is 10.7. The van der Waals surface area contributed by atoms with Crippen molar-refractivity contribution in [3.05, 3.63) is 29.3 Å². The van der Waals surface area contributed by atoms with Crippen molar-refractivity contribution < 1.29 is 9.90 Å². The number of carboxylic acid groups (broad SMARTS) is 1. The summed E-state index contributed by atoms with van der Waals surface area (Å²) in [6.45, 7) is 3.84. The molecule has 1 aliphatic carbocycles. The monoisotopic (exact) mass is 248 g/mol. The van der Waals surface area contributed by atoms with Crippen molar-refractivity contribution in [2.45, 2.75) is 38.8 Å².